The number of nitrogens with one attached hydrogen (secondary N) is 2. The lowest BCUT2D eigenvalue weighted by Gasteiger charge is -2.05. The van der Waals surface area contributed by atoms with Gasteiger partial charge in [-0.15, -0.1) is 0 Å². The molecule has 108 valence electrons. The highest BCUT2D eigenvalue weighted by atomic mass is 79.9. The topological polar surface area (TPSA) is 58.2 Å². The largest absolute Gasteiger partial charge is 0.320 e. The van der Waals surface area contributed by atoms with Gasteiger partial charge < -0.3 is 5.32 Å². The first-order valence-corrected chi connectivity index (χ1v) is 8.85. The summed E-state index contributed by atoms with van der Waals surface area (Å²) in [5.74, 6) is -1.38. The van der Waals surface area contributed by atoms with Gasteiger partial charge in [0.25, 0.3) is 0 Å². The van der Waals surface area contributed by atoms with Crippen molar-refractivity contribution in [2.45, 2.75) is 4.90 Å². The Bertz CT molecular complexity index is 621. The molecular weight excluding hydrogens is 372 g/mol. The number of amides is 2. The molecule has 0 saturated heterocycles. The number of para-hydroxylation sites is 1. The molecule has 0 aliphatic rings. The lowest BCUT2D eigenvalue weighted by Crippen LogP contribution is -2.30. The van der Waals surface area contributed by atoms with Gasteiger partial charge in [-0.3, -0.25) is 14.3 Å². The molecule has 2 rings (SSSR count). The number of benzene rings is 2. The number of carbonyl (C=O) groups is 2. The third-order valence-corrected chi connectivity index (χ3v) is 4.75. The minimum atomic E-state index is -0.690. The van der Waals surface area contributed by atoms with Gasteiger partial charge in [-0.2, -0.15) is 0 Å². The van der Waals surface area contributed by atoms with Crippen LogP contribution < -0.4 is 10.0 Å². The average molecular weight is 383 g/mol. The first kappa shape index (κ1) is 15.9. The standard InChI is InChI=1S/C14H11BrN2O2S2/c15-10-6-8-12(9-7-10)20-21-17-14(19)13(18)16-11-4-2-1-3-5-11/h1-9H,(H,16,18)(H,17,19). The number of carbonyl (C=O) groups excluding carboxylic acids is 2. The molecule has 2 N–H and O–H groups in total. The molecule has 0 unspecified atom stereocenters. The molecule has 0 saturated carbocycles. The third-order valence-electron chi connectivity index (χ3n) is 2.32. The van der Waals surface area contributed by atoms with Crippen molar-refractivity contribution in [3.63, 3.8) is 0 Å². The van der Waals surface area contributed by atoms with Crippen molar-refractivity contribution < 1.29 is 9.59 Å². The second-order valence-corrected chi connectivity index (χ2v) is 6.80. The van der Waals surface area contributed by atoms with Crippen LogP contribution in [0.3, 0.4) is 0 Å². The van der Waals surface area contributed by atoms with Crippen LogP contribution in [0.5, 0.6) is 0 Å². The minimum absolute atomic E-state index is 0.586. The highest BCUT2D eigenvalue weighted by Gasteiger charge is 2.13. The molecule has 0 bridgehead atoms. The number of rotatable bonds is 4. The molecule has 2 aromatic carbocycles. The van der Waals surface area contributed by atoms with E-state index in [1.807, 2.05) is 30.3 Å². The Hall–Kier alpha value is -1.44. The normalized spacial score (nSPS) is 9.95. The van der Waals surface area contributed by atoms with E-state index in [9.17, 15) is 9.59 Å². The first-order chi connectivity index (χ1) is 10.1. The molecule has 0 aliphatic carbocycles. The lowest BCUT2D eigenvalue weighted by atomic mass is 10.3. The van der Waals surface area contributed by atoms with E-state index >= 15 is 0 Å². The molecule has 0 heterocycles. The van der Waals surface area contributed by atoms with Crippen molar-refractivity contribution in [3.8, 4) is 0 Å². The average Bonchev–Trinajstić information content (AvgIpc) is 2.50. The lowest BCUT2D eigenvalue weighted by molar-refractivity contribution is -0.134. The van der Waals surface area contributed by atoms with Crippen LogP contribution in [-0.2, 0) is 9.59 Å². The van der Waals surface area contributed by atoms with Crippen molar-refractivity contribution in [3.05, 3.63) is 59.1 Å². The molecular formula is C14H11BrN2O2S2. The van der Waals surface area contributed by atoms with E-state index < -0.39 is 11.8 Å². The van der Waals surface area contributed by atoms with Gasteiger partial charge in [0.05, 0.1) is 0 Å². The summed E-state index contributed by atoms with van der Waals surface area (Å²) in [6.45, 7) is 0. The van der Waals surface area contributed by atoms with E-state index in [2.05, 4.69) is 26.0 Å². The van der Waals surface area contributed by atoms with Gasteiger partial charge in [0, 0.05) is 26.0 Å². The van der Waals surface area contributed by atoms with Gasteiger partial charge in [-0.25, -0.2) is 0 Å². The summed E-state index contributed by atoms with van der Waals surface area (Å²) in [7, 11) is 2.47. The van der Waals surface area contributed by atoms with Gasteiger partial charge >= 0.3 is 11.8 Å². The van der Waals surface area contributed by atoms with E-state index in [-0.39, 0.29) is 0 Å². The number of hydrogen-bond donors (Lipinski definition) is 2. The van der Waals surface area contributed by atoms with Crippen LogP contribution in [0, 0.1) is 0 Å². The van der Waals surface area contributed by atoms with Crippen molar-refractivity contribution in [1.82, 2.24) is 4.72 Å². The van der Waals surface area contributed by atoms with Crippen molar-refractivity contribution >= 4 is 55.2 Å². The van der Waals surface area contributed by atoms with Crippen LogP contribution in [0.4, 0.5) is 5.69 Å². The molecule has 0 fully saturated rings. The van der Waals surface area contributed by atoms with Gasteiger partial charge in [-0.05, 0) is 47.2 Å². The predicted molar refractivity (Wildman–Crippen MR) is 90.8 cm³/mol. The maximum Gasteiger partial charge on any atom is 0.320 e. The van der Waals surface area contributed by atoms with Crippen LogP contribution in [0.2, 0.25) is 0 Å². The number of halogens is 1. The van der Waals surface area contributed by atoms with Crippen molar-refractivity contribution in [2.75, 3.05) is 5.32 Å². The highest BCUT2D eigenvalue weighted by molar-refractivity contribution is 9.10. The SMILES string of the molecule is O=C(NSSc1ccc(Br)cc1)C(=O)Nc1ccccc1. The van der Waals surface area contributed by atoms with E-state index in [4.69, 9.17) is 0 Å². The summed E-state index contributed by atoms with van der Waals surface area (Å²) in [5.41, 5.74) is 0.586. The summed E-state index contributed by atoms with van der Waals surface area (Å²) in [4.78, 5) is 24.3. The molecule has 0 radical (unpaired) electrons. The molecule has 2 amide bonds. The quantitative estimate of drug-likeness (QED) is 0.478. The second-order valence-electron chi connectivity index (χ2n) is 3.87. The second kappa shape index (κ2) is 8.11. The summed E-state index contributed by atoms with van der Waals surface area (Å²) < 4.78 is 3.47. The zero-order chi connectivity index (χ0) is 15.1. The summed E-state index contributed by atoms with van der Waals surface area (Å²) >= 11 is 3.35. The van der Waals surface area contributed by atoms with Crippen LogP contribution in [0.1, 0.15) is 0 Å². The maximum absolute atomic E-state index is 11.6. The summed E-state index contributed by atoms with van der Waals surface area (Å²) in [5, 5.41) is 2.52. The fraction of sp³-hybridized carbons (Fsp3) is 0. The Balaban J connectivity index is 1.76. The summed E-state index contributed by atoms with van der Waals surface area (Å²) in [6.07, 6.45) is 0. The van der Waals surface area contributed by atoms with Crippen LogP contribution in [0.25, 0.3) is 0 Å². The van der Waals surface area contributed by atoms with Crippen molar-refractivity contribution in [1.29, 1.82) is 0 Å². The van der Waals surface area contributed by atoms with E-state index in [0.29, 0.717) is 5.69 Å². The third kappa shape index (κ3) is 5.45. The smallest absolute Gasteiger partial charge is 0.318 e. The van der Waals surface area contributed by atoms with Gasteiger partial charge in [-0.1, -0.05) is 34.1 Å². The predicted octanol–water partition coefficient (Wildman–Crippen LogP) is 3.86. The molecule has 7 heteroatoms. The van der Waals surface area contributed by atoms with Crippen molar-refractivity contribution in [2.24, 2.45) is 0 Å². The maximum atomic E-state index is 11.6. The molecule has 2 aromatic rings. The molecule has 4 nitrogen and oxygen atoms in total. The Morgan fingerprint density at radius 3 is 2.24 bits per heavy atom. The fourth-order valence-corrected chi connectivity index (χ4v) is 3.14. The minimum Gasteiger partial charge on any atom is -0.318 e. The highest BCUT2D eigenvalue weighted by Crippen LogP contribution is 2.29. The number of anilines is 1. The summed E-state index contributed by atoms with van der Waals surface area (Å²) in [6, 6.07) is 16.5. The van der Waals surface area contributed by atoms with Gasteiger partial charge in [0.1, 0.15) is 0 Å². The zero-order valence-corrected chi connectivity index (χ0v) is 13.9. The van der Waals surface area contributed by atoms with Gasteiger partial charge in [0.2, 0.25) is 0 Å². The Labute approximate surface area is 138 Å². The molecule has 0 aromatic heterocycles. The first-order valence-electron chi connectivity index (χ1n) is 5.90. The number of hydrogen-bond acceptors (Lipinski definition) is 4. The van der Waals surface area contributed by atoms with Gasteiger partial charge in [0.15, 0.2) is 0 Å². The van der Waals surface area contributed by atoms with Crippen LogP contribution in [0.15, 0.2) is 64.0 Å². The fourth-order valence-electron chi connectivity index (χ4n) is 1.35. The molecule has 0 aliphatic heterocycles. The Morgan fingerprint density at radius 1 is 0.905 bits per heavy atom. The van der Waals surface area contributed by atoms with Crippen LogP contribution in [-0.4, -0.2) is 11.8 Å². The molecule has 0 spiro atoms. The zero-order valence-electron chi connectivity index (χ0n) is 10.7. The Kier molecular flexibility index (Phi) is 6.16. The molecule has 0 atom stereocenters. The van der Waals surface area contributed by atoms with E-state index in [1.165, 1.54) is 10.8 Å². The molecule has 21 heavy (non-hydrogen) atoms. The van der Waals surface area contributed by atoms with Crippen LogP contribution >= 0.6 is 37.7 Å². The monoisotopic (exact) mass is 382 g/mol. The Morgan fingerprint density at radius 2 is 1.57 bits per heavy atom. The van der Waals surface area contributed by atoms with E-state index in [0.717, 1.165) is 20.3 Å². The van der Waals surface area contributed by atoms with E-state index in [1.54, 1.807) is 24.3 Å².